The summed E-state index contributed by atoms with van der Waals surface area (Å²) in [5.74, 6) is 0.518. The summed E-state index contributed by atoms with van der Waals surface area (Å²) < 4.78 is 39.1. The highest BCUT2D eigenvalue weighted by molar-refractivity contribution is 7.92. The zero-order valence-corrected chi connectivity index (χ0v) is 18.0. The number of carbonyl (C=O) groups excluding carboxylic acids is 1. The number of nitrogens with zero attached hydrogens (tertiary/aromatic N) is 1. The van der Waals surface area contributed by atoms with E-state index in [1.165, 1.54) is 16.4 Å². The fourth-order valence-corrected chi connectivity index (χ4v) is 4.80. The molecule has 0 aliphatic carbocycles. The number of nitrogens with one attached hydrogen (secondary N) is 1. The lowest BCUT2D eigenvalue weighted by atomic mass is 10.2. The summed E-state index contributed by atoms with van der Waals surface area (Å²) in [5, 5.41) is 2.78. The van der Waals surface area contributed by atoms with Crippen molar-refractivity contribution in [2.45, 2.75) is 11.0 Å². The summed E-state index contributed by atoms with van der Waals surface area (Å²) in [7, 11) is -3.88. The minimum absolute atomic E-state index is 0.144. The molecule has 8 heteroatoms. The molecule has 0 saturated heterocycles. The van der Waals surface area contributed by atoms with E-state index in [0.717, 1.165) is 0 Å². The molecule has 7 nitrogen and oxygen atoms in total. The Bertz CT molecular complexity index is 1210. The van der Waals surface area contributed by atoms with Gasteiger partial charge in [0.15, 0.2) is 6.10 Å². The van der Waals surface area contributed by atoms with E-state index in [1.54, 1.807) is 72.8 Å². The van der Waals surface area contributed by atoms with Crippen molar-refractivity contribution in [3.63, 3.8) is 0 Å². The Morgan fingerprint density at radius 1 is 1.06 bits per heavy atom. The van der Waals surface area contributed by atoms with Crippen LogP contribution in [0.5, 0.6) is 11.5 Å². The second kappa shape index (κ2) is 9.15. The maximum atomic E-state index is 13.3. The fraction of sp³-hybridized carbons (Fsp3) is 0.125. The number of hydrogen-bond donors (Lipinski definition) is 1. The monoisotopic (exact) mass is 450 g/mol. The third kappa shape index (κ3) is 4.45. The van der Waals surface area contributed by atoms with Gasteiger partial charge in [-0.2, -0.15) is 0 Å². The molecule has 0 spiro atoms. The quantitative estimate of drug-likeness (QED) is 0.553. The van der Waals surface area contributed by atoms with Crippen LogP contribution in [0.4, 0.5) is 11.4 Å². The van der Waals surface area contributed by atoms with Crippen molar-refractivity contribution in [3.05, 3.63) is 91.5 Å². The van der Waals surface area contributed by atoms with E-state index < -0.39 is 22.0 Å². The number of ether oxygens (including phenoxy) is 2. The van der Waals surface area contributed by atoms with Crippen LogP contribution < -0.4 is 19.1 Å². The average molecular weight is 451 g/mol. The van der Waals surface area contributed by atoms with Crippen LogP contribution in [0.3, 0.4) is 0 Å². The Balaban J connectivity index is 1.57. The number of para-hydroxylation sites is 2. The molecule has 1 atom stereocenters. The molecule has 0 fully saturated rings. The van der Waals surface area contributed by atoms with Gasteiger partial charge in [-0.3, -0.25) is 9.10 Å². The summed E-state index contributed by atoms with van der Waals surface area (Å²) in [6, 6.07) is 21.7. The maximum Gasteiger partial charge on any atom is 0.267 e. The first kappa shape index (κ1) is 21.5. The molecule has 0 radical (unpaired) electrons. The van der Waals surface area contributed by atoms with E-state index in [4.69, 9.17) is 9.47 Å². The molecule has 3 aromatic rings. The minimum atomic E-state index is -3.88. The number of amides is 1. The van der Waals surface area contributed by atoms with Gasteiger partial charge in [-0.15, -0.1) is 0 Å². The van der Waals surface area contributed by atoms with Gasteiger partial charge in [-0.25, -0.2) is 8.42 Å². The molecule has 0 bridgehead atoms. The number of rotatable bonds is 7. The van der Waals surface area contributed by atoms with Gasteiger partial charge in [0.05, 0.1) is 17.1 Å². The Morgan fingerprint density at radius 2 is 1.75 bits per heavy atom. The second-order valence-corrected chi connectivity index (χ2v) is 8.90. The molecular formula is C24H22N2O5S. The SMILES string of the molecule is C=CCOc1ccc(NC(=O)[C@H]2CN(S(=O)(=O)c3ccccc3)c3ccccc3O2)cc1. The Morgan fingerprint density at radius 3 is 2.47 bits per heavy atom. The number of hydrogen-bond acceptors (Lipinski definition) is 5. The highest BCUT2D eigenvalue weighted by atomic mass is 32.2. The van der Waals surface area contributed by atoms with Crippen molar-refractivity contribution < 1.29 is 22.7 Å². The lowest BCUT2D eigenvalue weighted by molar-refractivity contribution is -0.122. The number of benzene rings is 3. The van der Waals surface area contributed by atoms with Crippen LogP contribution in [-0.4, -0.2) is 33.6 Å². The summed E-state index contributed by atoms with van der Waals surface area (Å²) in [6.07, 6.45) is 0.614. The van der Waals surface area contributed by atoms with Gasteiger partial charge in [-0.1, -0.05) is 43.0 Å². The highest BCUT2D eigenvalue weighted by Crippen LogP contribution is 2.37. The van der Waals surface area contributed by atoms with Gasteiger partial charge in [0, 0.05) is 5.69 Å². The summed E-state index contributed by atoms with van der Waals surface area (Å²) >= 11 is 0. The summed E-state index contributed by atoms with van der Waals surface area (Å²) in [5.41, 5.74) is 0.935. The maximum absolute atomic E-state index is 13.3. The van der Waals surface area contributed by atoms with Crippen molar-refractivity contribution in [3.8, 4) is 11.5 Å². The molecule has 1 amide bonds. The van der Waals surface area contributed by atoms with Crippen LogP contribution in [0.25, 0.3) is 0 Å². The molecule has 0 unspecified atom stereocenters. The molecular weight excluding hydrogens is 428 g/mol. The molecule has 32 heavy (non-hydrogen) atoms. The molecule has 1 N–H and O–H groups in total. The Hall–Kier alpha value is -3.78. The van der Waals surface area contributed by atoms with Crippen LogP contribution in [0.1, 0.15) is 0 Å². The minimum Gasteiger partial charge on any atom is -0.490 e. The van der Waals surface area contributed by atoms with Crippen LogP contribution in [0.15, 0.2) is 96.4 Å². The first-order valence-electron chi connectivity index (χ1n) is 9.97. The number of anilines is 2. The van der Waals surface area contributed by atoms with Crippen molar-refractivity contribution in [2.75, 3.05) is 22.8 Å². The van der Waals surface area contributed by atoms with E-state index in [2.05, 4.69) is 11.9 Å². The van der Waals surface area contributed by atoms with Crippen LogP contribution in [-0.2, 0) is 14.8 Å². The first-order chi connectivity index (χ1) is 15.5. The second-order valence-electron chi connectivity index (χ2n) is 7.04. The zero-order valence-electron chi connectivity index (χ0n) is 17.2. The van der Waals surface area contributed by atoms with E-state index in [-0.39, 0.29) is 11.4 Å². The van der Waals surface area contributed by atoms with Gasteiger partial charge in [0.2, 0.25) is 0 Å². The van der Waals surface area contributed by atoms with E-state index in [0.29, 0.717) is 29.5 Å². The van der Waals surface area contributed by atoms with Gasteiger partial charge in [-0.05, 0) is 48.5 Å². The lowest BCUT2D eigenvalue weighted by Crippen LogP contribution is -2.48. The highest BCUT2D eigenvalue weighted by Gasteiger charge is 2.37. The molecule has 0 saturated carbocycles. The van der Waals surface area contributed by atoms with Gasteiger partial charge >= 0.3 is 0 Å². The lowest BCUT2D eigenvalue weighted by Gasteiger charge is -2.34. The third-order valence-corrected chi connectivity index (χ3v) is 6.64. The van der Waals surface area contributed by atoms with Gasteiger partial charge in [0.25, 0.3) is 15.9 Å². The molecule has 1 aliphatic heterocycles. The predicted molar refractivity (Wildman–Crippen MR) is 123 cm³/mol. The standard InChI is InChI=1S/C24H22N2O5S/c1-2-16-30-19-14-12-18(13-15-19)25-24(27)23-17-26(21-10-6-7-11-22(21)31-23)32(28,29)20-8-4-3-5-9-20/h2-15,23H,1,16-17H2,(H,25,27)/t23-/m1/s1. The van der Waals surface area contributed by atoms with E-state index in [9.17, 15) is 13.2 Å². The Labute approximate surface area is 186 Å². The molecule has 0 aromatic heterocycles. The van der Waals surface area contributed by atoms with E-state index >= 15 is 0 Å². The third-order valence-electron chi connectivity index (χ3n) is 4.85. The fourth-order valence-electron chi connectivity index (χ4n) is 3.30. The van der Waals surface area contributed by atoms with Crippen LogP contribution in [0.2, 0.25) is 0 Å². The molecule has 1 heterocycles. The van der Waals surface area contributed by atoms with E-state index in [1.807, 2.05) is 0 Å². The summed E-state index contributed by atoms with van der Waals surface area (Å²) in [6.45, 7) is 3.83. The number of sulfonamides is 1. The number of carbonyl (C=O) groups is 1. The Kier molecular flexibility index (Phi) is 6.13. The van der Waals surface area contributed by atoms with Crippen molar-refractivity contribution in [1.29, 1.82) is 0 Å². The predicted octanol–water partition coefficient (Wildman–Crippen LogP) is 3.85. The topological polar surface area (TPSA) is 84.9 Å². The van der Waals surface area contributed by atoms with Crippen LogP contribution >= 0.6 is 0 Å². The van der Waals surface area contributed by atoms with Gasteiger partial charge < -0.3 is 14.8 Å². The molecule has 4 rings (SSSR count). The molecule has 3 aromatic carbocycles. The largest absolute Gasteiger partial charge is 0.490 e. The van der Waals surface area contributed by atoms with Crippen LogP contribution in [0, 0.1) is 0 Å². The average Bonchev–Trinajstić information content (AvgIpc) is 2.83. The normalized spacial score (nSPS) is 15.2. The number of fused-ring (bicyclic) bond motifs is 1. The van der Waals surface area contributed by atoms with Crippen molar-refractivity contribution in [1.82, 2.24) is 0 Å². The zero-order chi connectivity index (χ0) is 22.6. The first-order valence-corrected chi connectivity index (χ1v) is 11.4. The smallest absolute Gasteiger partial charge is 0.267 e. The van der Waals surface area contributed by atoms with Crippen molar-refractivity contribution in [2.24, 2.45) is 0 Å². The molecule has 1 aliphatic rings. The van der Waals surface area contributed by atoms with Crippen molar-refractivity contribution >= 4 is 27.3 Å². The summed E-state index contributed by atoms with van der Waals surface area (Å²) in [4.78, 5) is 13.1. The van der Waals surface area contributed by atoms with Gasteiger partial charge in [0.1, 0.15) is 18.1 Å². The molecule has 164 valence electrons.